The molecule has 1 atom stereocenters. The van der Waals surface area contributed by atoms with Crippen LogP contribution < -0.4 is 9.47 Å². The Morgan fingerprint density at radius 1 is 1.38 bits per heavy atom. The lowest BCUT2D eigenvalue weighted by Gasteiger charge is -2.15. The van der Waals surface area contributed by atoms with Gasteiger partial charge in [-0.15, -0.1) is 11.3 Å². The van der Waals surface area contributed by atoms with Crippen molar-refractivity contribution < 1.29 is 19.4 Å². The number of rotatable bonds is 6. The summed E-state index contributed by atoms with van der Waals surface area (Å²) in [4.78, 5) is 15.1. The lowest BCUT2D eigenvalue weighted by molar-refractivity contribution is -0.136. The number of carbonyl (C=O) groups is 1. The molecule has 0 aliphatic carbocycles. The van der Waals surface area contributed by atoms with Gasteiger partial charge >= 0.3 is 5.97 Å². The Hall–Kier alpha value is -2.08. The molecule has 112 valence electrons. The smallest absolute Gasteiger partial charge is 0.309 e. The molecule has 21 heavy (non-hydrogen) atoms. The van der Waals surface area contributed by atoms with Gasteiger partial charge in [0.15, 0.2) is 0 Å². The fourth-order valence-corrected chi connectivity index (χ4v) is 2.96. The Kier molecular flexibility index (Phi) is 4.80. The van der Waals surface area contributed by atoms with Crippen molar-refractivity contribution in [2.75, 3.05) is 14.2 Å². The van der Waals surface area contributed by atoms with Gasteiger partial charge in [-0.2, -0.15) is 0 Å². The molecule has 0 spiro atoms. The molecule has 6 heteroatoms. The zero-order chi connectivity index (χ0) is 15.4. The number of benzene rings is 1. The summed E-state index contributed by atoms with van der Waals surface area (Å²) in [5.41, 5.74) is 1.55. The van der Waals surface area contributed by atoms with E-state index in [1.54, 1.807) is 19.6 Å². The molecule has 0 fully saturated rings. The van der Waals surface area contributed by atoms with Crippen LogP contribution in [0.5, 0.6) is 11.5 Å². The molecule has 1 heterocycles. The number of carboxylic acid groups (broad SMARTS) is 1. The first kappa shape index (κ1) is 15.3. The molecule has 5 nitrogen and oxygen atoms in total. The Bertz CT molecular complexity index is 638. The monoisotopic (exact) mass is 307 g/mol. The number of aliphatic carboxylic acids is 1. The summed E-state index contributed by atoms with van der Waals surface area (Å²) in [5.74, 6) is 0.638. The molecule has 2 rings (SSSR count). The van der Waals surface area contributed by atoms with Crippen molar-refractivity contribution in [1.29, 1.82) is 0 Å². The molecule has 1 aromatic carbocycles. The molecule has 2 aromatic rings. The highest BCUT2D eigenvalue weighted by Gasteiger charge is 2.18. The molecule has 0 saturated carbocycles. The maximum atomic E-state index is 10.7. The largest absolute Gasteiger partial charge is 0.497 e. The number of thiazole rings is 1. The van der Waals surface area contributed by atoms with Crippen molar-refractivity contribution in [1.82, 2.24) is 4.98 Å². The number of carboxylic acids is 1. The zero-order valence-electron chi connectivity index (χ0n) is 12.1. The van der Waals surface area contributed by atoms with Gasteiger partial charge in [0.25, 0.3) is 0 Å². The van der Waals surface area contributed by atoms with E-state index in [4.69, 9.17) is 14.6 Å². The normalized spacial score (nSPS) is 12.0. The molecule has 1 unspecified atom stereocenters. The van der Waals surface area contributed by atoms with E-state index < -0.39 is 5.97 Å². The van der Waals surface area contributed by atoms with Gasteiger partial charge in [0.1, 0.15) is 16.5 Å². The van der Waals surface area contributed by atoms with Gasteiger partial charge in [-0.3, -0.25) is 4.79 Å². The van der Waals surface area contributed by atoms with E-state index in [0.717, 1.165) is 22.1 Å². The third-order valence-corrected chi connectivity index (χ3v) is 4.25. The van der Waals surface area contributed by atoms with Crippen LogP contribution in [0.2, 0.25) is 0 Å². The van der Waals surface area contributed by atoms with E-state index in [-0.39, 0.29) is 12.3 Å². The minimum atomic E-state index is -0.876. The first-order chi connectivity index (χ1) is 10.0. The van der Waals surface area contributed by atoms with Crippen LogP contribution in [0, 0.1) is 0 Å². The molecule has 1 aromatic heterocycles. The minimum Gasteiger partial charge on any atom is -0.497 e. The van der Waals surface area contributed by atoms with Gasteiger partial charge in [-0.25, -0.2) is 4.98 Å². The van der Waals surface area contributed by atoms with E-state index in [1.807, 2.05) is 25.1 Å². The average Bonchev–Trinajstić information content (AvgIpc) is 2.93. The Labute approximate surface area is 127 Å². The summed E-state index contributed by atoms with van der Waals surface area (Å²) in [5, 5.41) is 11.5. The van der Waals surface area contributed by atoms with Crippen molar-refractivity contribution in [3.63, 3.8) is 0 Å². The summed E-state index contributed by atoms with van der Waals surface area (Å²) < 4.78 is 10.6. The van der Waals surface area contributed by atoms with Crippen LogP contribution in [0.15, 0.2) is 23.6 Å². The lowest BCUT2D eigenvalue weighted by Crippen LogP contribution is -2.03. The van der Waals surface area contributed by atoms with E-state index >= 15 is 0 Å². The maximum absolute atomic E-state index is 10.7. The number of nitrogens with zero attached hydrogens (tertiary/aromatic N) is 1. The van der Waals surface area contributed by atoms with Crippen molar-refractivity contribution in [2.24, 2.45) is 0 Å². The first-order valence-electron chi connectivity index (χ1n) is 6.43. The van der Waals surface area contributed by atoms with Gasteiger partial charge in [0.05, 0.1) is 26.3 Å². The van der Waals surface area contributed by atoms with Crippen molar-refractivity contribution in [3.05, 3.63) is 39.8 Å². The van der Waals surface area contributed by atoms with Crippen LogP contribution in [0.25, 0.3) is 0 Å². The molecule has 0 bridgehead atoms. The van der Waals surface area contributed by atoms with Crippen LogP contribution in [0.3, 0.4) is 0 Å². The number of methoxy groups -OCH3 is 2. The summed E-state index contributed by atoms with van der Waals surface area (Å²) in [6.45, 7) is 2.01. The second kappa shape index (κ2) is 6.58. The van der Waals surface area contributed by atoms with Gasteiger partial charge in [0.2, 0.25) is 0 Å². The van der Waals surface area contributed by atoms with Crippen LogP contribution in [-0.4, -0.2) is 30.3 Å². The number of hydrogen-bond acceptors (Lipinski definition) is 5. The topological polar surface area (TPSA) is 68.7 Å². The molecule has 0 aliphatic heterocycles. The lowest BCUT2D eigenvalue weighted by atomic mass is 10.0. The van der Waals surface area contributed by atoms with E-state index in [2.05, 4.69) is 4.98 Å². The summed E-state index contributed by atoms with van der Waals surface area (Å²) in [6, 6.07) is 5.62. The third kappa shape index (κ3) is 3.52. The van der Waals surface area contributed by atoms with Crippen LogP contribution in [-0.2, 0) is 11.2 Å². The second-order valence-electron chi connectivity index (χ2n) is 4.58. The third-order valence-electron chi connectivity index (χ3n) is 3.18. The molecule has 0 amide bonds. The predicted molar refractivity (Wildman–Crippen MR) is 80.5 cm³/mol. The van der Waals surface area contributed by atoms with Gasteiger partial charge in [-0.1, -0.05) is 6.92 Å². The summed E-state index contributed by atoms with van der Waals surface area (Å²) in [6.07, 6.45) is -0.0571. The molecule has 0 saturated heterocycles. The molecular formula is C15H17NO4S. The number of ether oxygens (including phenoxy) is 2. The van der Waals surface area contributed by atoms with E-state index in [0.29, 0.717) is 5.69 Å². The highest BCUT2D eigenvalue weighted by molar-refractivity contribution is 7.09. The van der Waals surface area contributed by atoms with Crippen LogP contribution >= 0.6 is 11.3 Å². The standard InChI is InChI=1S/C15H17NO4S/c1-9(15-16-10(8-21-15)6-14(17)18)12-7-11(19-2)4-5-13(12)20-3/h4-5,7-9H,6H2,1-3H3,(H,17,18). The Balaban J connectivity index is 2.32. The number of hydrogen-bond donors (Lipinski definition) is 1. The molecule has 0 aliphatic rings. The quantitative estimate of drug-likeness (QED) is 0.888. The molecular weight excluding hydrogens is 290 g/mol. The summed E-state index contributed by atoms with van der Waals surface area (Å²) >= 11 is 1.46. The average molecular weight is 307 g/mol. The minimum absolute atomic E-state index is 0.00240. The molecule has 1 N–H and O–H groups in total. The number of aromatic nitrogens is 1. The fourth-order valence-electron chi connectivity index (χ4n) is 2.07. The SMILES string of the molecule is COc1ccc(OC)c(C(C)c2nc(CC(=O)O)cs2)c1. The maximum Gasteiger partial charge on any atom is 0.309 e. The Morgan fingerprint density at radius 2 is 2.14 bits per heavy atom. The van der Waals surface area contributed by atoms with Crippen LogP contribution in [0.4, 0.5) is 0 Å². The highest BCUT2D eigenvalue weighted by Crippen LogP contribution is 2.35. The highest BCUT2D eigenvalue weighted by atomic mass is 32.1. The van der Waals surface area contributed by atoms with Crippen molar-refractivity contribution >= 4 is 17.3 Å². The predicted octanol–water partition coefficient (Wildman–Crippen LogP) is 2.94. The Morgan fingerprint density at radius 3 is 2.76 bits per heavy atom. The second-order valence-corrected chi connectivity index (χ2v) is 5.47. The van der Waals surface area contributed by atoms with Gasteiger partial charge < -0.3 is 14.6 Å². The first-order valence-corrected chi connectivity index (χ1v) is 7.31. The zero-order valence-corrected chi connectivity index (χ0v) is 12.9. The van der Waals surface area contributed by atoms with Crippen molar-refractivity contribution in [3.8, 4) is 11.5 Å². The summed E-state index contributed by atoms with van der Waals surface area (Å²) in [7, 11) is 3.24. The van der Waals surface area contributed by atoms with E-state index in [9.17, 15) is 4.79 Å². The van der Waals surface area contributed by atoms with Crippen LogP contribution in [0.1, 0.15) is 29.1 Å². The van der Waals surface area contributed by atoms with Gasteiger partial charge in [-0.05, 0) is 18.2 Å². The fraction of sp³-hybridized carbons (Fsp3) is 0.333. The van der Waals surface area contributed by atoms with Crippen molar-refractivity contribution in [2.45, 2.75) is 19.3 Å². The molecule has 0 radical (unpaired) electrons. The van der Waals surface area contributed by atoms with Gasteiger partial charge in [0, 0.05) is 16.9 Å². The van der Waals surface area contributed by atoms with E-state index in [1.165, 1.54) is 11.3 Å².